The molecule has 2 amide bonds. The van der Waals surface area contributed by atoms with E-state index in [0.29, 0.717) is 5.56 Å². The van der Waals surface area contributed by atoms with Gasteiger partial charge in [-0.3, -0.25) is 9.59 Å². The maximum atomic E-state index is 14.0. The minimum atomic E-state index is -0.771. The summed E-state index contributed by atoms with van der Waals surface area (Å²) in [6.07, 6.45) is 0. The van der Waals surface area contributed by atoms with Crippen LogP contribution in [0.5, 0.6) is 0 Å². The highest BCUT2D eigenvalue weighted by Crippen LogP contribution is 2.37. The topological polar surface area (TPSA) is 84.2 Å². The standard InChI is InChI=1S/C19H13Cl3FN3O3/c1-8-16(18(26-29-8)17-10(20)4-3-5-11(17)21)19(28)25-15-7-13(23)12(22)6-14(15)24-9(2)27/h3-7H,1-2H3,(H,24,27)(H,25,28). The fourth-order valence-corrected chi connectivity index (χ4v) is 3.40. The second kappa shape index (κ2) is 8.41. The lowest BCUT2D eigenvalue weighted by atomic mass is 10.1. The van der Waals surface area contributed by atoms with E-state index in [9.17, 15) is 14.0 Å². The second-order valence-corrected chi connectivity index (χ2v) is 7.23. The number of hydrogen-bond donors (Lipinski definition) is 2. The molecule has 1 aromatic heterocycles. The normalized spacial score (nSPS) is 10.7. The van der Waals surface area contributed by atoms with Crippen molar-refractivity contribution in [3.05, 3.63) is 62.5 Å². The molecule has 0 saturated carbocycles. The monoisotopic (exact) mass is 455 g/mol. The molecule has 10 heteroatoms. The highest BCUT2D eigenvalue weighted by atomic mass is 35.5. The molecule has 0 bridgehead atoms. The Hall–Kier alpha value is -2.61. The van der Waals surface area contributed by atoms with Crippen molar-refractivity contribution in [2.24, 2.45) is 0 Å². The molecular weight excluding hydrogens is 444 g/mol. The van der Waals surface area contributed by atoms with E-state index >= 15 is 0 Å². The van der Waals surface area contributed by atoms with Gasteiger partial charge in [0.25, 0.3) is 5.91 Å². The van der Waals surface area contributed by atoms with Gasteiger partial charge in [0.1, 0.15) is 22.8 Å². The Labute approximate surface area is 179 Å². The van der Waals surface area contributed by atoms with Gasteiger partial charge in [-0.25, -0.2) is 4.39 Å². The van der Waals surface area contributed by atoms with Gasteiger partial charge < -0.3 is 15.2 Å². The smallest absolute Gasteiger partial charge is 0.261 e. The second-order valence-electron chi connectivity index (χ2n) is 6.01. The van der Waals surface area contributed by atoms with Crippen LogP contribution in [0, 0.1) is 12.7 Å². The molecule has 6 nitrogen and oxygen atoms in total. The molecule has 1 heterocycles. The average Bonchev–Trinajstić information content (AvgIpc) is 3.00. The summed E-state index contributed by atoms with van der Waals surface area (Å²) in [4.78, 5) is 24.4. The van der Waals surface area contributed by atoms with Gasteiger partial charge in [0.05, 0.1) is 26.4 Å². The maximum Gasteiger partial charge on any atom is 0.261 e. The van der Waals surface area contributed by atoms with Crippen LogP contribution >= 0.6 is 34.8 Å². The van der Waals surface area contributed by atoms with Crippen molar-refractivity contribution < 1.29 is 18.5 Å². The summed E-state index contributed by atoms with van der Waals surface area (Å²) >= 11 is 18.2. The number of aromatic nitrogens is 1. The Morgan fingerprint density at radius 1 is 1.03 bits per heavy atom. The van der Waals surface area contributed by atoms with E-state index < -0.39 is 17.6 Å². The lowest BCUT2D eigenvalue weighted by Gasteiger charge is -2.13. The van der Waals surface area contributed by atoms with Gasteiger partial charge in [0.2, 0.25) is 5.91 Å². The predicted octanol–water partition coefficient (Wildman–Crippen LogP) is 5.96. The summed E-state index contributed by atoms with van der Waals surface area (Å²) < 4.78 is 19.1. The molecule has 0 saturated heterocycles. The molecule has 0 aliphatic rings. The number of carbonyl (C=O) groups is 2. The Kier molecular flexibility index (Phi) is 6.12. The van der Waals surface area contributed by atoms with E-state index in [1.54, 1.807) is 18.2 Å². The molecule has 0 aliphatic carbocycles. The number of amides is 2. The first kappa shape index (κ1) is 21.1. The van der Waals surface area contributed by atoms with Crippen molar-refractivity contribution in [1.82, 2.24) is 5.16 Å². The van der Waals surface area contributed by atoms with Crippen LogP contribution in [0.2, 0.25) is 15.1 Å². The van der Waals surface area contributed by atoms with E-state index in [1.165, 1.54) is 19.9 Å². The molecule has 3 aromatic rings. The van der Waals surface area contributed by atoms with E-state index in [4.69, 9.17) is 39.3 Å². The SMILES string of the molecule is CC(=O)Nc1cc(Cl)c(F)cc1NC(=O)c1c(-c2c(Cl)cccc2Cl)noc1C. The fraction of sp³-hybridized carbons (Fsp3) is 0.105. The number of nitrogens with zero attached hydrogens (tertiary/aromatic N) is 1. The zero-order valence-electron chi connectivity index (χ0n) is 15.1. The molecule has 150 valence electrons. The molecular formula is C19H13Cl3FN3O3. The number of anilines is 2. The number of carbonyl (C=O) groups excluding carboxylic acids is 2. The van der Waals surface area contributed by atoms with Gasteiger partial charge in [0, 0.05) is 18.6 Å². The zero-order valence-corrected chi connectivity index (χ0v) is 17.3. The molecule has 2 N–H and O–H groups in total. The highest BCUT2D eigenvalue weighted by molar-refractivity contribution is 6.39. The van der Waals surface area contributed by atoms with Crippen molar-refractivity contribution in [3.63, 3.8) is 0 Å². The van der Waals surface area contributed by atoms with Crippen LogP contribution in [0.25, 0.3) is 11.3 Å². The predicted molar refractivity (Wildman–Crippen MR) is 110 cm³/mol. The third kappa shape index (κ3) is 4.37. The van der Waals surface area contributed by atoms with Crippen LogP contribution in [0.4, 0.5) is 15.8 Å². The molecule has 29 heavy (non-hydrogen) atoms. The first-order chi connectivity index (χ1) is 13.7. The van der Waals surface area contributed by atoms with Crippen LogP contribution in [-0.2, 0) is 4.79 Å². The van der Waals surface area contributed by atoms with E-state index in [2.05, 4.69) is 15.8 Å². The molecule has 2 aromatic carbocycles. The van der Waals surface area contributed by atoms with E-state index in [-0.39, 0.29) is 43.5 Å². The lowest BCUT2D eigenvalue weighted by Crippen LogP contribution is -2.16. The van der Waals surface area contributed by atoms with Crippen LogP contribution in [-0.4, -0.2) is 17.0 Å². The summed E-state index contributed by atoms with van der Waals surface area (Å²) in [6.45, 7) is 2.80. The average molecular weight is 457 g/mol. The molecule has 0 aliphatic heterocycles. The Balaban J connectivity index is 2.05. The number of rotatable bonds is 4. The van der Waals surface area contributed by atoms with E-state index in [0.717, 1.165) is 6.07 Å². The van der Waals surface area contributed by atoms with Gasteiger partial charge in [-0.2, -0.15) is 0 Å². The van der Waals surface area contributed by atoms with Crippen LogP contribution in [0.1, 0.15) is 23.0 Å². The summed E-state index contributed by atoms with van der Waals surface area (Å²) in [5.74, 6) is -1.66. The summed E-state index contributed by atoms with van der Waals surface area (Å²) in [5, 5.41) is 9.26. The van der Waals surface area contributed by atoms with Crippen molar-refractivity contribution in [2.75, 3.05) is 10.6 Å². The number of benzene rings is 2. The van der Waals surface area contributed by atoms with Crippen molar-refractivity contribution >= 4 is 58.0 Å². The zero-order chi connectivity index (χ0) is 21.3. The minimum Gasteiger partial charge on any atom is -0.360 e. The minimum absolute atomic E-state index is 0.00362. The van der Waals surface area contributed by atoms with Gasteiger partial charge >= 0.3 is 0 Å². The summed E-state index contributed by atoms with van der Waals surface area (Å²) in [7, 11) is 0. The number of hydrogen-bond acceptors (Lipinski definition) is 4. The summed E-state index contributed by atoms with van der Waals surface area (Å²) in [6, 6.07) is 7.03. The van der Waals surface area contributed by atoms with Crippen molar-refractivity contribution in [1.29, 1.82) is 0 Å². The molecule has 0 fully saturated rings. The molecule has 0 atom stereocenters. The maximum absolute atomic E-state index is 14.0. The van der Waals surface area contributed by atoms with Gasteiger partial charge in [-0.05, 0) is 25.1 Å². The number of aryl methyl sites for hydroxylation is 1. The Morgan fingerprint density at radius 2 is 1.66 bits per heavy atom. The van der Waals surface area contributed by atoms with Crippen molar-refractivity contribution in [2.45, 2.75) is 13.8 Å². The van der Waals surface area contributed by atoms with Crippen LogP contribution in [0.3, 0.4) is 0 Å². The first-order valence-corrected chi connectivity index (χ1v) is 9.31. The molecule has 0 unspecified atom stereocenters. The summed E-state index contributed by atoms with van der Waals surface area (Å²) in [5.41, 5.74) is 0.644. The lowest BCUT2D eigenvalue weighted by molar-refractivity contribution is -0.114. The van der Waals surface area contributed by atoms with Crippen molar-refractivity contribution in [3.8, 4) is 11.3 Å². The Morgan fingerprint density at radius 3 is 2.28 bits per heavy atom. The van der Waals surface area contributed by atoms with Gasteiger partial charge in [0.15, 0.2) is 0 Å². The van der Waals surface area contributed by atoms with Gasteiger partial charge in [-0.15, -0.1) is 0 Å². The quantitative estimate of drug-likeness (QED) is 0.507. The number of nitrogens with one attached hydrogen (secondary N) is 2. The van der Waals surface area contributed by atoms with Crippen LogP contribution < -0.4 is 10.6 Å². The molecule has 0 radical (unpaired) electrons. The van der Waals surface area contributed by atoms with Gasteiger partial charge in [-0.1, -0.05) is 46.0 Å². The van der Waals surface area contributed by atoms with Crippen LogP contribution in [0.15, 0.2) is 34.9 Å². The Bertz CT molecular complexity index is 1110. The first-order valence-electron chi connectivity index (χ1n) is 8.17. The third-order valence-corrected chi connectivity index (χ3v) is 4.83. The highest BCUT2D eigenvalue weighted by Gasteiger charge is 2.26. The van der Waals surface area contributed by atoms with E-state index in [1.807, 2.05) is 0 Å². The fourth-order valence-electron chi connectivity index (χ4n) is 2.66. The molecule has 3 rings (SSSR count). The molecule has 0 spiro atoms. The third-order valence-electron chi connectivity index (χ3n) is 3.91. The largest absolute Gasteiger partial charge is 0.360 e. The number of halogens is 4.